The zero-order valence-corrected chi connectivity index (χ0v) is 12.8. The first-order chi connectivity index (χ1) is 9.75. The Labute approximate surface area is 125 Å². The first kappa shape index (κ1) is 15.4. The molecule has 1 N–H and O–H groups in total. The monoisotopic (exact) mass is 293 g/mol. The van der Waals surface area contributed by atoms with E-state index in [1.165, 1.54) is 18.6 Å². The third-order valence-electron chi connectivity index (χ3n) is 3.47. The summed E-state index contributed by atoms with van der Waals surface area (Å²) in [6.07, 6.45) is 2.62. The van der Waals surface area contributed by atoms with Crippen LogP contribution in [0.15, 0.2) is 30.3 Å². The van der Waals surface area contributed by atoms with Gasteiger partial charge in [-0.3, -0.25) is 4.79 Å². The number of hydrogen-bond acceptors (Lipinski definition) is 4. The van der Waals surface area contributed by atoms with Gasteiger partial charge >= 0.3 is 5.97 Å². The van der Waals surface area contributed by atoms with E-state index in [0.29, 0.717) is 13.2 Å². The summed E-state index contributed by atoms with van der Waals surface area (Å²) in [7, 11) is 0. The van der Waals surface area contributed by atoms with Crippen LogP contribution in [0.5, 0.6) is 0 Å². The van der Waals surface area contributed by atoms with E-state index in [1.807, 2.05) is 49.0 Å². The number of carbonyl (C=O) groups is 1. The van der Waals surface area contributed by atoms with Crippen molar-refractivity contribution in [3.63, 3.8) is 0 Å². The standard InChI is InChI=1S/C16H23NO2S/c1-13(10-17-11-15-8-5-9-20-15)16(18)19-12-14-6-3-2-4-7-14/h2-4,6-7,13,15,17H,5,8-12H2,1H3. The molecule has 1 aromatic rings. The molecule has 1 aliphatic rings. The molecule has 1 fully saturated rings. The molecule has 1 heterocycles. The van der Waals surface area contributed by atoms with E-state index in [2.05, 4.69) is 5.32 Å². The molecule has 0 aromatic heterocycles. The molecule has 1 aromatic carbocycles. The van der Waals surface area contributed by atoms with Gasteiger partial charge in [0, 0.05) is 18.3 Å². The van der Waals surface area contributed by atoms with Crippen molar-refractivity contribution in [2.45, 2.75) is 31.6 Å². The van der Waals surface area contributed by atoms with Gasteiger partial charge in [0.05, 0.1) is 5.92 Å². The van der Waals surface area contributed by atoms with Gasteiger partial charge < -0.3 is 10.1 Å². The van der Waals surface area contributed by atoms with Crippen LogP contribution in [-0.4, -0.2) is 30.1 Å². The molecule has 0 amide bonds. The molecule has 0 radical (unpaired) electrons. The lowest BCUT2D eigenvalue weighted by molar-refractivity contribution is -0.149. The zero-order valence-electron chi connectivity index (χ0n) is 12.0. The summed E-state index contributed by atoms with van der Waals surface area (Å²) >= 11 is 2.03. The van der Waals surface area contributed by atoms with Crippen LogP contribution in [0.4, 0.5) is 0 Å². The second-order valence-corrected chi connectivity index (χ2v) is 6.70. The van der Waals surface area contributed by atoms with Crippen LogP contribution in [0.1, 0.15) is 25.3 Å². The minimum Gasteiger partial charge on any atom is -0.461 e. The molecule has 1 aliphatic heterocycles. The predicted octanol–water partition coefficient (Wildman–Crippen LogP) is 2.85. The van der Waals surface area contributed by atoms with Crippen molar-refractivity contribution < 1.29 is 9.53 Å². The average molecular weight is 293 g/mol. The van der Waals surface area contributed by atoms with Crippen LogP contribution in [0.3, 0.4) is 0 Å². The number of ether oxygens (including phenoxy) is 1. The fourth-order valence-electron chi connectivity index (χ4n) is 2.22. The Bertz CT molecular complexity index is 404. The second kappa shape index (κ2) is 8.32. The Balaban J connectivity index is 1.61. The van der Waals surface area contributed by atoms with E-state index in [-0.39, 0.29) is 11.9 Å². The molecular formula is C16H23NO2S. The molecule has 0 saturated carbocycles. The van der Waals surface area contributed by atoms with Crippen LogP contribution < -0.4 is 5.32 Å². The van der Waals surface area contributed by atoms with Gasteiger partial charge in [0.2, 0.25) is 0 Å². The highest BCUT2D eigenvalue weighted by molar-refractivity contribution is 8.00. The van der Waals surface area contributed by atoms with E-state index < -0.39 is 0 Å². The number of carbonyl (C=O) groups excluding carboxylic acids is 1. The quantitative estimate of drug-likeness (QED) is 0.785. The number of esters is 1. The lowest BCUT2D eigenvalue weighted by atomic mass is 10.2. The topological polar surface area (TPSA) is 38.3 Å². The molecule has 3 nitrogen and oxygen atoms in total. The number of benzene rings is 1. The number of nitrogens with one attached hydrogen (secondary N) is 1. The van der Waals surface area contributed by atoms with E-state index in [4.69, 9.17) is 4.74 Å². The second-order valence-electron chi connectivity index (χ2n) is 5.29. The SMILES string of the molecule is CC(CNCC1CCCS1)C(=O)OCc1ccccc1. The summed E-state index contributed by atoms with van der Waals surface area (Å²) in [5, 5.41) is 4.11. The Morgan fingerprint density at radius 3 is 2.95 bits per heavy atom. The van der Waals surface area contributed by atoms with Gasteiger partial charge in [0.15, 0.2) is 0 Å². The molecule has 2 rings (SSSR count). The van der Waals surface area contributed by atoms with Crippen molar-refractivity contribution in [3.8, 4) is 0 Å². The molecule has 2 atom stereocenters. The van der Waals surface area contributed by atoms with Crippen LogP contribution >= 0.6 is 11.8 Å². The molecule has 0 spiro atoms. The maximum Gasteiger partial charge on any atom is 0.310 e. The molecule has 2 unspecified atom stereocenters. The summed E-state index contributed by atoms with van der Waals surface area (Å²) in [5.74, 6) is 1.06. The molecule has 110 valence electrons. The molecule has 0 aliphatic carbocycles. The molecule has 1 saturated heterocycles. The smallest absolute Gasteiger partial charge is 0.310 e. The summed E-state index contributed by atoms with van der Waals surface area (Å²) in [6.45, 7) is 3.98. The van der Waals surface area contributed by atoms with Crippen LogP contribution in [0.2, 0.25) is 0 Å². The van der Waals surface area contributed by atoms with Gasteiger partial charge in [0.25, 0.3) is 0 Å². The third kappa shape index (κ3) is 5.17. The Morgan fingerprint density at radius 1 is 1.45 bits per heavy atom. The Hall–Kier alpha value is -1.00. The van der Waals surface area contributed by atoms with E-state index in [9.17, 15) is 4.79 Å². The van der Waals surface area contributed by atoms with Crippen molar-refractivity contribution in [1.29, 1.82) is 0 Å². The minimum atomic E-state index is -0.125. The van der Waals surface area contributed by atoms with Crippen LogP contribution in [-0.2, 0) is 16.1 Å². The molecule has 4 heteroatoms. The lowest BCUT2D eigenvalue weighted by Gasteiger charge is -2.14. The maximum absolute atomic E-state index is 11.9. The number of hydrogen-bond donors (Lipinski definition) is 1. The summed E-state index contributed by atoms with van der Waals surface area (Å²) in [5.41, 5.74) is 1.03. The van der Waals surface area contributed by atoms with Crippen LogP contribution in [0, 0.1) is 5.92 Å². The van der Waals surface area contributed by atoms with Crippen molar-refractivity contribution in [2.75, 3.05) is 18.8 Å². The normalized spacial score (nSPS) is 19.8. The van der Waals surface area contributed by atoms with Gasteiger partial charge in [-0.2, -0.15) is 11.8 Å². The van der Waals surface area contributed by atoms with Crippen LogP contribution in [0.25, 0.3) is 0 Å². The van der Waals surface area contributed by atoms with Crippen molar-refractivity contribution >= 4 is 17.7 Å². The Morgan fingerprint density at radius 2 is 2.25 bits per heavy atom. The first-order valence-corrected chi connectivity index (χ1v) is 8.33. The van der Waals surface area contributed by atoms with E-state index in [1.54, 1.807) is 0 Å². The predicted molar refractivity (Wildman–Crippen MR) is 83.8 cm³/mol. The maximum atomic E-state index is 11.9. The summed E-state index contributed by atoms with van der Waals surface area (Å²) in [4.78, 5) is 11.9. The van der Waals surface area contributed by atoms with Gasteiger partial charge in [-0.05, 0) is 24.2 Å². The molecule has 20 heavy (non-hydrogen) atoms. The highest BCUT2D eigenvalue weighted by Gasteiger charge is 2.17. The van der Waals surface area contributed by atoms with Gasteiger partial charge in [-0.1, -0.05) is 37.3 Å². The largest absolute Gasteiger partial charge is 0.461 e. The molecule has 0 bridgehead atoms. The number of thioether (sulfide) groups is 1. The van der Waals surface area contributed by atoms with Gasteiger partial charge in [-0.15, -0.1) is 0 Å². The van der Waals surface area contributed by atoms with Gasteiger partial charge in [-0.25, -0.2) is 0 Å². The number of rotatable bonds is 7. The Kier molecular flexibility index (Phi) is 6.40. The molecular weight excluding hydrogens is 270 g/mol. The summed E-state index contributed by atoms with van der Waals surface area (Å²) in [6, 6.07) is 9.79. The van der Waals surface area contributed by atoms with Crippen molar-refractivity contribution in [3.05, 3.63) is 35.9 Å². The average Bonchev–Trinajstić information content (AvgIpc) is 2.99. The minimum absolute atomic E-state index is 0.0925. The zero-order chi connectivity index (χ0) is 14.2. The van der Waals surface area contributed by atoms with Gasteiger partial charge in [0.1, 0.15) is 6.61 Å². The van der Waals surface area contributed by atoms with Crippen molar-refractivity contribution in [2.24, 2.45) is 5.92 Å². The van der Waals surface area contributed by atoms with E-state index >= 15 is 0 Å². The van der Waals surface area contributed by atoms with Crippen molar-refractivity contribution in [1.82, 2.24) is 5.32 Å². The fraction of sp³-hybridized carbons (Fsp3) is 0.562. The third-order valence-corrected chi connectivity index (χ3v) is 4.87. The fourth-order valence-corrected chi connectivity index (χ4v) is 3.46. The highest BCUT2D eigenvalue weighted by atomic mass is 32.2. The lowest BCUT2D eigenvalue weighted by Crippen LogP contribution is -2.31. The highest BCUT2D eigenvalue weighted by Crippen LogP contribution is 2.25. The first-order valence-electron chi connectivity index (χ1n) is 7.28. The summed E-state index contributed by atoms with van der Waals surface area (Å²) < 4.78 is 5.33. The van der Waals surface area contributed by atoms with E-state index in [0.717, 1.165) is 17.4 Å².